The van der Waals surface area contributed by atoms with Gasteiger partial charge in [0.1, 0.15) is 6.33 Å². The van der Waals surface area contributed by atoms with Gasteiger partial charge in [0.15, 0.2) is 11.6 Å². The highest BCUT2D eigenvalue weighted by Crippen LogP contribution is 2.26. The monoisotopic (exact) mass is 238 g/mol. The number of anilines is 1. The minimum Gasteiger partial charge on any atom is -0.353 e. The van der Waals surface area contributed by atoms with Gasteiger partial charge in [-0.15, -0.1) is 0 Å². The molecule has 1 saturated carbocycles. The van der Waals surface area contributed by atoms with E-state index in [1.54, 1.807) is 6.92 Å². The summed E-state index contributed by atoms with van der Waals surface area (Å²) in [5.74, 6) is 0.0209. The quantitative estimate of drug-likeness (QED) is 0.851. The summed E-state index contributed by atoms with van der Waals surface area (Å²) in [4.78, 5) is 9.74. The third-order valence-electron chi connectivity index (χ3n) is 3.56. The molecule has 1 aromatic rings. The molecule has 2 N–H and O–H groups in total. The Kier molecular flexibility index (Phi) is 3.57. The predicted molar refractivity (Wildman–Crippen MR) is 65.4 cm³/mol. The van der Waals surface area contributed by atoms with Gasteiger partial charge in [0.05, 0.1) is 5.69 Å². The maximum atomic E-state index is 13.9. The molecule has 1 fully saturated rings. The summed E-state index contributed by atoms with van der Waals surface area (Å²) in [5, 5.41) is 0. The Hall–Kier alpha value is -1.23. The van der Waals surface area contributed by atoms with E-state index in [2.05, 4.69) is 9.97 Å². The zero-order chi connectivity index (χ0) is 12.4. The fourth-order valence-corrected chi connectivity index (χ4v) is 2.47. The van der Waals surface area contributed by atoms with E-state index < -0.39 is 0 Å². The van der Waals surface area contributed by atoms with Gasteiger partial charge in [-0.25, -0.2) is 14.4 Å². The molecule has 0 spiro atoms. The molecule has 1 aliphatic carbocycles. The van der Waals surface area contributed by atoms with Crippen LogP contribution in [-0.2, 0) is 0 Å². The number of halogens is 1. The van der Waals surface area contributed by atoms with E-state index in [1.807, 2.05) is 11.9 Å². The predicted octanol–water partition coefficient (Wildman–Crippen LogP) is 1.63. The van der Waals surface area contributed by atoms with E-state index in [0.29, 0.717) is 11.5 Å². The fraction of sp³-hybridized carbons (Fsp3) is 0.667. The van der Waals surface area contributed by atoms with Crippen molar-refractivity contribution in [2.75, 3.05) is 11.9 Å². The standard InChI is InChI=1S/C12H19FN4/c1-8-11(13)12(16-7-15-8)17(2)10-6-4-3-5-9(10)14/h7,9-10H,3-6,14H2,1-2H3. The Morgan fingerprint density at radius 2 is 2.06 bits per heavy atom. The number of rotatable bonds is 2. The summed E-state index contributed by atoms with van der Waals surface area (Å²) in [5.41, 5.74) is 6.48. The molecule has 2 unspecified atom stereocenters. The second-order valence-electron chi connectivity index (χ2n) is 4.72. The molecule has 1 aliphatic rings. The molecule has 0 bridgehead atoms. The first kappa shape index (κ1) is 12.2. The van der Waals surface area contributed by atoms with Crippen LogP contribution in [0.5, 0.6) is 0 Å². The van der Waals surface area contributed by atoms with Crippen molar-refractivity contribution in [3.8, 4) is 0 Å². The SMILES string of the molecule is Cc1ncnc(N(C)C2CCCCC2N)c1F. The number of nitrogens with zero attached hydrogens (tertiary/aromatic N) is 3. The van der Waals surface area contributed by atoms with Crippen LogP contribution in [0, 0.1) is 12.7 Å². The average molecular weight is 238 g/mol. The molecule has 17 heavy (non-hydrogen) atoms. The summed E-state index contributed by atoms with van der Waals surface area (Å²) in [6, 6.07) is 0.274. The first-order valence-corrected chi connectivity index (χ1v) is 6.06. The largest absolute Gasteiger partial charge is 0.353 e. The van der Waals surface area contributed by atoms with E-state index in [4.69, 9.17) is 5.73 Å². The van der Waals surface area contributed by atoms with Gasteiger partial charge in [-0.3, -0.25) is 0 Å². The van der Waals surface area contributed by atoms with Gasteiger partial charge in [-0.2, -0.15) is 0 Å². The second kappa shape index (κ2) is 4.96. The van der Waals surface area contributed by atoms with Crippen LogP contribution in [0.4, 0.5) is 10.2 Å². The van der Waals surface area contributed by atoms with E-state index >= 15 is 0 Å². The van der Waals surface area contributed by atoms with Gasteiger partial charge in [-0.1, -0.05) is 12.8 Å². The minimum atomic E-state index is -0.340. The maximum absolute atomic E-state index is 13.9. The zero-order valence-corrected chi connectivity index (χ0v) is 10.4. The van der Waals surface area contributed by atoms with Crippen molar-refractivity contribution in [3.05, 3.63) is 17.8 Å². The highest BCUT2D eigenvalue weighted by molar-refractivity contribution is 5.41. The Bertz CT molecular complexity index is 396. The van der Waals surface area contributed by atoms with Gasteiger partial charge >= 0.3 is 0 Å². The van der Waals surface area contributed by atoms with Crippen molar-refractivity contribution in [1.29, 1.82) is 0 Å². The number of aromatic nitrogens is 2. The molecule has 2 rings (SSSR count). The molecular formula is C12H19FN4. The smallest absolute Gasteiger partial charge is 0.186 e. The van der Waals surface area contributed by atoms with Crippen LogP contribution >= 0.6 is 0 Å². The van der Waals surface area contributed by atoms with Crippen LogP contribution in [0.3, 0.4) is 0 Å². The summed E-state index contributed by atoms with van der Waals surface area (Å²) in [6.07, 6.45) is 5.71. The average Bonchev–Trinajstić information content (AvgIpc) is 2.32. The molecule has 0 aliphatic heterocycles. The second-order valence-corrected chi connectivity index (χ2v) is 4.72. The topological polar surface area (TPSA) is 55.0 Å². The van der Waals surface area contributed by atoms with E-state index in [1.165, 1.54) is 6.33 Å². The number of nitrogens with two attached hydrogens (primary N) is 1. The third-order valence-corrected chi connectivity index (χ3v) is 3.56. The van der Waals surface area contributed by atoms with E-state index in [-0.39, 0.29) is 17.9 Å². The Morgan fingerprint density at radius 1 is 1.35 bits per heavy atom. The van der Waals surface area contributed by atoms with Gasteiger partial charge in [0.2, 0.25) is 0 Å². The first-order chi connectivity index (χ1) is 8.11. The van der Waals surface area contributed by atoms with Crippen LogP contribution in [-0.4, -0.2) is 29.1 Å². The van der Waals surface area contributed by atoms with Crippen molar-refractivity contribution < 1.29 is 4.39 Å². The number of hydrogen-bond acceptors (Lipinski definition) is 4. The number of likely N-dealkylation sites (N-methyl/N-ethyl adjacent to an activating group) is 1. The lowest BCUT2D eigenvalue weighted by Gasteiger charge is -2.36. The van der Waals surface area contributed by atoms with Gasteiger partial charge < -0.3 is 10.6 Å². The van der Waals surface area contributed by atoms with Crippen molar-refractivity contribution in [2.45, 2.75) is 44.7 Å². The molecule has 5 heteroatoms. The minimum absolute atomic E-state index is 0.100. The Morgan fingerprint density at radius 3 is 2.76 bits per heavy atom. The van der Waals surface area contributed by atoms with Gasteiger partial charge in [0.25, 0.3) is 0 Å². The molecule has 0 aromatic carbocycles. The molecular weight excluding hydrogens is 219 g/mol. The Labute approximate surface area is 101 Å². The van der Waals surface area contributed by atoms with Crippen molar-refractivity contribution in [2.24, 2.45) is 5.73 Å². The fourth-order valence-electron chi connectivity index (χ4n) is 2.47. The lowest BCUT2D eigenvalue weighted by atomic mass is 9.90. The van der Waals surface area contributed by atoms with Crippen LogP contribution in [0.15, 0.2) is 6.33 Å². The van der Waals surface area contributed by atoms with E-state index in [0.717, 1.165) is 25.7 Å². The van der Waals surface area contributed by atoms with E-state index in [9.17, 15) is 4.39 Å². The lowest BCUT2D eigenvalue weighted by Crippen LogP contribution is -2.48. The molecule has 0 radical (unpaired) electrons. The number of aryl methyl sites for hydroxylation is 1. The maximum Gasteiger partial charge on any atom is 0.186 e. The lowest BCUT2D eigenvalue weighted by molar-refractivity contribution is 0.369. The highest BCUT2D eigenvalue weighted by Gasteiger charge is 2.28. The molecule has 94 valence electrons. The zero-order valence-electron chi connectivity index (χ0n) is 10.4. The molecule has 0 saturated heterocycles. The van der Waals surface area contributed by atoms with Crippen LogP contribution in [0.1, 0.15) is 31.4 Å². The molecule has 1 aromatic heterocycles. The van der Waals surface area contributed by atoms with Crippen molar-refractivity contribution in [3.63, 3.8) is 0 Å². The normalized spacial score (nSPS) is 24.7. The molecule has 4 nitrogen and oxygen atoms in total. The highest BCUT2D eigenvalue weighted by atomic mass is 19.1. The van der Waals surface area contributed by atoms with Crippen molar-refractivity contribution >= 4 is 5.82 Å². The first-order valence-electron chi connectivity index (χ1n) is 6.06. The summed E-state index contributed by atoms with van der Waals surface area (Å²) < 4.78 is 13.9. The molecule has 0 amide bonds. The number of hydrogen-bond donors (Lipinski definition) is 1. The van der Waals surface area contributed by atoms with Crippen LogP contribution in [0.2, 0.25) is 0 Å². The summed E-state index contributed by atoms with van der Waals surface area (Å²) in [6.45, 7) is 1.65. The van der Waals surface area contributed by atoms with Gasteiger partial charge in [0, 0.05) is 19.1 Å². The van der Waals surface area contributed by atoms with Crippen LogP contribution < -0.4 is 10.6 Å². The molecule has 2 atom stereocenters. The third kappa shape index (κ3) is 2.39. The summed E-state index contributed by atoms with van der Waals surface area (Å²) in [7, 11) is 1.86. The molecule has 1 heterocycles. The Balaban J connectivity index is 2.23. The van der Waals surface area contributed by atoms with Crippen molar-refractivity contribution in [1.82, 2.24) is 9.97 Å². The van der Waals surface area contributed by atoms with Crippen LogP contribution in [0.25, 0.3) is 0 Å². The summed E-state index contributed by atoms with van der Waals surface area (Å²) >= 11 is 0. The van der Waals surface area contributed by atoms with Gasteiger partial charge in [-0.05, 0) is 19.8 Å².